The van der Waals surface area contributed by atoms with Gasteiger partial charge in [-0.15, -0.1) is 0 Å². The molecule has 0 rings (SSSR count). The van der Waals surface area contributed by atoms with Crippen LogP contribution in [0.2, 0.25) is 0 Å². The predicted molar refractivity (Wildman–Crippen MR) is 160 cm³/mol. The van der Waals surface area contributed by atoms with E-state index in [1.807, 2.05) is 0 Å². The quantitative estimate of drug-likeness (QED) is 0.0544. The first-order valence-corrected chi connectivity index (χ1v) is 16.0. The molecule has 0 saturated carbocycles. The van der Waals surface area contributed by atoms with E-state index < -0.39 is 0 Å². The van der Waals surface area contributed by atoms with Crippen molar-refractivity contribution in [3.8, 4) is 0 Å². The Kier molecular flexibility index (Phi) is 35.9. The molecule has 0 atom stereocenters. The van der Waals surface area contributed by atoms with Gasteiger partial charge in [0.05, 0.1) is 0 Å². The standard InChI is InChI=1S/C32H62O4.Na.H/c1-3-5-7-9-11-13-14-15-16-17-18-20-22-24-26-28-32(34)36-30-29-35-31(33)27-25-23-21-19-12-10-8-6-4-2;;/h3-30H2,1-2H3;;. The zero-order chi connectivity index (χ0) is 26.4. The molecule has 216 valence electrons. The predicted octanol–water partition coefficient (Wildman–Crippen LogP) is 9.61. The van der Waals surface area contributed by atoms with Gasteiger partial charge in [-0.05, 0) is 12.8 Å². The molecule has 4 nitrogen and oxygen atoms in total. The van der Waals surface area contributed by atoms with Crippen LogP contribution in [-0.2, 0) is 19.1 Å². The molecule has 0 aromatic rings. The molecule has 0 bridgehead atoms. The summed E-state index contributed by atoms with van der Waals surface area (Å²) in [6.45, 7) is 4.88. The van der Waals surface area contributed by atoms with E-state index in [9.17, 15) is 9.59 Å². The second-order valence-corrected chi connectivity index (χ2v) is 10.7. The summed E-state index contributed by atoms with van der Waals surface area (Å²) in [6.07, 6.45) is 31.8. The van der Waals surface area contributed by atoms with Crippen molar-refractivity contribution in [3.05, 3.63) is 0 Å². The molecular formula is C32H63NaO4. The van der Waals surface area contributed by atoms with E-state index in [0.29, 0.717) is 12.8 Å². The van der Waals surface area contributed by atoms with Crippen molar-refractivity contribution in [1.82, 2.24) is 0 Å². The topological polar surface area (TPSA) is 52.6 Å². The Labute approximate surface area is 253 Å². The van der Waals surface area contributed by atoms with Crippen molar-refractivity contribution in [2.24, 2.45) is 0 Å². The second kappa shape index (κ2) is 34.0. The zero-order valence-electron chi connectivity index (χ0n) is 24.4. The summed E-state index contributed by atoms with van der Waals surface area (Å²) in [5.41, 5.74) is 0. The van der Waals surface area contributed by atoms with E-state index >= 15 is 0 Å². The third kappa shape index (κ3) is 33.9. The van der Waals surface area contributed by atoms with Gasteiger partial charge in [-0.1, -0.05) is 155 Å². The summed E-state index contributed by atoms with van der Waals surface area (Å²) in [6, 6.07) is 0. The Morgan fingerprint density at radius 2 is 0.595 bits per heavy atom. The van der Waals surface area contributed by atoms with Gasteiger partial charge < -0.3 is 9.47 Å². The molecule has 5 heteroatoms. The molecule has 0 fully saturated rings. The first-order chi connectivity index (χ1) is 17.7. The summed E-state index contributed by atoms with van der Waals surface area (Å²) in [4.78, 5) is 23.6. The van der Waals surface area contributed by atoms with E-state index in [1.54, 1.807) is 0 Å². The number of ether oxygens (including phenoxy) is 2. The van der Waals surface area contributed by atoms with Gasteiger partial charge in [-0.2, -0.15) is 0 Å². The van der Waals surface area contributed by atoms with E-state index in [4.69, 9.17) is 9.47 Å². The van der Waals surface area contributed by atoms with Crippen LogP contribution < -0.4 is 0 Å². The molecule has 0 radical (unpaired) electrons. The maximum absolute atomic E-state index is 11.8. The Morgan fingerprint density at radius 1 is 0.378 bits per heavy atom. The van der Waals surface area contributed by atoms with Crippen LogP contribution in [0.4, 0.5) is 0 Å². The van der Waals surface area contributed by atoms with Gasteiger partial charge in [-0.25, -0.2) is 0 Å². The van der Waals surface area contributed by atoms with E-state index in [2.05, 4.69) is 13.8 Å². The Morgan fingerprint density at radius 3 is 0.838 bits per heavy atom. The van der Waals surface area contributed by atoms with Gasteiger partial charge in [0.2, 0.25) is 0 Å². The van der Waals surface area contributed by atoms with Crippen LogP contribution in [0.1, 0.15) is 181 Å². The first-order valence-electron chi connectivity index (χ1n) is 16.0. The fourth-order valence-electron chi connectivity index (χ4n) is 4.68. The van der Waals surface area contributed by atoms with Crippen LogP contribution in [-0.4, -0.2) is 54.7 Å². The molecule has 37 heavy (non-hydrogen) atoms. The molecule has 0 aromatic carbocycles. The summed E-state index contributed by atoms with van der Waals surface area (Å²) in [5, 5.41) is 0. The average molecular weight is 535 g/mol. The number of esters is 2. The van der Waals surface area contributed by atoms with E-state index in [-0.39, 0.29) is 54.7 Å². The van der Waals surface area contributed by atoms with Crippen LogP contribution in [0.15, 0.2) is 0 Å². The number of carbonyl (C=O) groups is 2. The third-order valence-corrected chi connectivity index (χ3v) is 7.08. The second-order valence-electron chi connectivity index (χ2n) is 10.7. The molecule has 0 heterocycles. The molecule has 0 aromatic heterocycles. The average Bonchev–Trinajstić information content (AvgIpc) is 2.88. The van der Waals surface area contributed by atoms with Crippen molar-refractivity contribution in [1.29, 1.82) is 0 Å². The summed E-state index contributed by atoms with van der Waals surface area (Å²) in [7, 11) is 0. The number of hydrogen-bond acceptors (Lipinski definition) is 4. The van der Waals surface area contributed by atoms with Gasteiger partial charge in [0.1, 0.15) is 13.2 Å². The molecule has 0 spiro atoms. The van der Waals surface area contributed by atoms with Gasteiger partial charge in [0.25, 0.3) is 0 Å². The molecule has 0 unspecified atom stereocenters. The first kappa shape index (κ1) is 39.1. The molecule has 0 saturated heterocycles. The number of carbonyl (C=O) groups excluding carboxylic acids is 2. The summed E-state index contributed by atoms with van der Waals surface area (Å²) >= 11 is 0. The third-order valence-electron chi connectivity index (χ3n) is 7.08. The fourth-order valence-corrected chi connectivity index (χ4v) is 4.68. The molecular weight excluding hydrogens is 471 g/mol. The fraction of sp³-hybridized carbons (Fsp3) is 0.938. The molecule has 0 aliphatic rings. The summed E-state index contributed by atoms with van der Waals surface area (Å²) < 4.78 is 10.4. The van der Waals surface area contributed by atoms with Crippen LogP contribution in [0.3, 0.4) is 0 Å². The van der Waals surface area contributed by atoms with E-state index in [0.717, 1.165) is 25.7 Å². The van der Waals surface area contributed by atoms with Crippen molar-refractivity contribution >= 4 is 41.5 Å². The molecule has 0 aliphatic heterocycles. The number of hydrogen-bond donors (Lipinski definition) is 0. The van der Waals surface area contributed by atoms with E-state index in [1.165, 1.54) is 128 Å². The van der Waals surface area contributed by atoms with Gasteiger partial charge >= 0.3 is 41.5 Å². The van der Waals surface area contributed by atoms with Crippen LogP contribution in [0.25, 0.3) is 0 Å². The van der Waals surface area contributed by atoms with Crippen molar-refractivity contribution in [2.45, 2.75) is 181 Å². The van der Waals surface area contributed by atoms with Gasteiger partial charge in [-0.3, -0.25) is 9.59 Å². The normalized spacial score (nSPS) is 10.8. The van der Waals surface area contributed by atoms with Crippen molar-refractivity contribution in [2.75, 3.05) is 13.2 Å². The number of rotatable bonds is 29. The Hall–Kier alpha value is -0.0600. The van der Waals surface area contributed by atoms with Crippen LogP contribution in [0.5, 0.6) is 0 Å². The van der Waals surface area contributed by atoms with Gasteiger partial charge in [0.15, 0.2) is 0 Å². The minimum atomic E-state index is -0.170. The summed E-state index contributed by atoms with van der Waals surface area (Å²) in [5.74, 6) is -0.337. The van der Waals surface area contributed by atoms with Crippen LogP contribution in [0, 0.1) is 0 Å². The SMILES string of the molecule is CCCCCCCCCCCCCCCCCC(=O)OCCOC(=O)CCCCCCCCCCC.[NaH]. The van der Waals surface area contributed by atoms with Gasteiger partial charge in [0, 0.05) is 12.8 Å². The minimum absolute atomic E-state index is 0. The molecule has 0 N–H and O–H groups in total. The Bertz CT molecular complexity index is 470. The molecule has 0 aliphatic carbocycles. The van der Waals surface area contributed by atoms with Crippen LogP contribution >= 0.6 is 0 Å². The maximum atomic E-state index is 11.8. The van der Waals surface area contributed by atoms with Crippen molar-refractivity contribution < 1.29 is 19.1 Å². The monoisotopic (exact) mass is 534 g/mol. The van der Waals surface area contributed by atoms with Crippen molar-refractivity contribution in [3.63, 3.8) is 0 Å². The molecule has 0 amide bonds. The number of unbranched alkanes of at least 4 members (excludes halogenated alkanes) is 22. The Balaban J connectivity index is 0. The zero-order valence-corrected chi connectivity index (χ0v) is 24.4.